The van der Waals surface area contributed by atoms with E-state index in [0.29, 0.717) is 17.1 Å². The molecule has 0 aliphatic rings. The number of benzene rings is 1. The number of nitrogens with zero attached hydrogens (tertiary/aromatic N) is 3. The molecule has 0 aliphatic heterocycles. The van der Waals surface area contributed by atoms with Crippen LogP contribution < -0.4 is 5.56 Å². The van der Waals surface area contributed by atoms with E-state index in [0.717, 1.165) is 5.56 Å². The van der Waals surface area contributed by atoms with Gasteiger partial charge in [-0.25, -0.2) is 9.78 Å². The standard InChI is InChI=1S/C18H15N3O3/c1-24-18(23)14-7-8-15(20-11-14)12-21-16(22)9-10-19-17(21)13-5-3-2-4-6-13/h2-11H,12H2,1H3. The number of carbonyl (C=O) groups excluding carboxylic acids is 1. The van der Waals surface area contributed by atoms with Crippen LogP contribution in [-0.2, 0) is 11.3 Å². The first-order valence-electron chi connectivity index (χ1n) is 7.33. The van der Waals surface area contributed by atoms with Crippen LogP contribution in [0.5, 0.6) is 0 Å². The van der Waals surface area contributed by atoms with Crippen molar-refractivity contribution in [1.29, 1.82) is 0 Å². The highest BCUT2D eigenvalue weighted by Crippen LogP contribution is 2.15. The third-order valence-corrected chi connectivity index (χ3v) is 3.53. The monoisotopic (exact) mass is 321 g/mol. The van der Waals surface area contributed by atoms with Crippen LogP contribution in [0, 0.1) is 0 Å². The molecule has 1 aromatic carbocycles. The lowest BCUT2D eigenvalue weighted by atomic mass is 10.2. The van der Waals surface area contributed by atoms with E-state index in [4.69, 9.17) is 0 Å². The fraction of sp³-hybridized carbons (Fsp3) is 0.111. The van der Waals surface area contributed by atoms with E-state index in [2.05, 4.69) is 14.7 Å². The molecule has 24 heavy (non-hydrogen) atoms. The Balaban J connectivity index is 1.96. The van der Waals surface area contributed by atoms with Crippen LogP contribution in [0.3, 0.4) is 0 Å². The second-order valence-corrected chi connectivity index (χ2v) is 5.09. The lowest BCUT2D eigenvalue weighted by Gasteiger charge is -2.11. The number of aromatic nitrogens is 3. The summed E-state index contributed by atoms with van der Waals surface area (Å²) in [6.45, 7) is 0.262. The Hall–Kier alpha value is -3.28. The van der Waals surface area contributed by atoms with E-state index >= 15 is 0 Å². The van der Waals surface area contributed by atoms with Crippen LogP contribution in [0.1, 0.15) is 16.1 Å². The van der Waals surface area contributed by atoms with Gasteiger partial charge in [0.25, 0.3) is 5.56 Å². The minimum Gasteiger partial charge on any atom is -0.465 e. The topological polar surface area (TPSA) is 74.1 Å². The molecule has 0 saturated heterocycles. The highest BCUT2D eigenvalue weighted by molar-refractivity contribution is 5.88. The lowest BCUT2D eigenvalue weighted by molar-refractivity contribution is 0.0600. The highest BCUT2D eigenvalue weighted by atomic mass is 16.5. The molecule has 2 aromatic heterocycles. The Morgan fingerprint density at radius 1 is 1.08 bits per heavy atom. The largest absolute Gasteiger partial charge is 0.465 e. The zero-order valence-electron chi connectivity index (χ0n) is 13.0. The number of pyridine rings is 1. The molecule has 0 unspecified atom stereocenters. The predicted octanol–water partition coefficient (Wildman–Crippen LogP) is 2.14. The smallest absolute Gasteiger partial charge is 0.339 e. The van der Waals surface area contributed by atoms with Gasteiger partial charge < -0.3 is 4.74 Å². The van der Waals surface area contributed by atoms with Crippen molar-refractivity contribution >= 4 is 5.97 Å². The Bertz CT molecular complexity index is 903. The Morgan fingerprint density at radius 3 is 2.54 bits per heavy atom. The maximum Gasteiger partial charge on any atom is 0.339 e. The lowest BCUT2D eigenvalue weighted by Crippen LogP contribution is -2.23. The average Bonchev–Trinajstić information content (AvgIpc) is 2.64. The summed E-state index contributed by atoms with van der Waals surface area (Å²) < 4.78 is 6.20. The number of carbonyl (C=O) groups is 1. The summed E-state index contributed by atoms with van der Waals surface area (Å²) in [5.74, 6) is 0.125. The van der Waals surface area contributed by atoms with Gasteiger partial charge in [-0.05, 0) is 12.1 Å². The van der Waals surface area contributed by atoms with E-state index < -0.39 is 5.97 Å². The summed E-state index contributed by atoms with van der Waals surface area (Å²) in [6, 6.07) is 14.2. The van der Waals surface area contributed by atoms with Gasteiger partial charge in [-0.1, -0.05) is 30.3 Å². The Labute approximate surface area is 138 Å². The van der Waals surface area contributed by atoms with Crippen molar-refractivity contribution in [3.63, 3.8) is 0 Å². The van der Waals surface area contributed by atoms with Crippen LogP contribution in [0.25, 0.3) is 11.4 Å². The van der Waals surface area contributed by atoms with Crippen LogP contribution in [-0.4, -0.2) is 27.6 Å². The molecule has 0 aliphatic carbocycles. The van der Waals surface area contributed by atoms with Gasteiger partial charge >= 0.3 is 5.97 Å². The minimum absolute atomic E-state index is 0.164. The maximum absolute atomic E-state index is 12.3. The van der Waals surface area contributed by atoms with Gasteiger partial charge in [0.05, 0.1) is 24.9 Å². The van der Waals surface area contributed by atoms with Crippen LogP contribution in [0.2, 0.25) is 0 Å². The molecule has 120 valence electrons. The van der Waals surface area contributed by atoms with Gasteiger partial charge in [0.15, 0.2) is 0 Å². The number of methoxy groups -OCH3 is 1. The summed E-state index contributed by atoms with van der Waals surface area (Å²) >= 11 is 0. The minimum atomic E-state index is -0.447. The van der Waals surface area contributed by atoms with E-state index in [9.17, 15) is 9.59 Å². The molecule has 0 atom stereocenters. The van der Waals surface area contributed by atoms with Crippen molar-refractivity contribution in [1.82, 2.24) is 14.5 Å². The molecule has 6 nitrogen and oxygen atoms in total. The molecular formula is C18H15N3O3. The van der Waals surface area contributed by atoms with Crippen molar-refractivity contribution < 1.29 is 9.53 Å². The summed E-state index contributed by atoms with van der Waals surface area (Å²) in [7, 11) is 1.32. The second-order valence-electron chi connectivity index (χ2n) is 5.09. The van der Waals surface area contributed by atoms with Crippen molar-refractivity contribution in [3.05, 3.63) is 82.5 Å². The van der Waals surface area contributed by atoms with Gasteiger partial charge in [0.1, 0.15) is 5.82 Å². The van der Waals surface area contributed by atoms with Gasteiger partial charge in [-0.15, -0.1) is 0 Å². The quantitative estimate of drug-likeness (QED) is 0.688. The van der Waals surface area contributed by atoms with E-state index in [-0.39, 0.29) is 12.1 Å². The van der Waals surface area contributed by atoms with Crippen LogP contribution >= 0.6 is 0 Å². The van der Waals surface area contributed by atoms with E-state index in [1.807, 2.05) is 30.3 Å². The third-order valence-electron chi connectivity index (χ3n) is 3.53. The zero-order valence-corrected chi connectivity index (χ0v) is 13.0. The van der Waals surface area contributed by atoms with Crippen molar-refractivity contribution in [3.8, 4) is 11.4 Å². The number of ether oxygens (including phenoxy) is 1. The molecular weight excluding hydrogens is 306 g/mol. The summed E-state index contributed by atoms with van der Waals surface area (Å²) in [5, 5.41) is 0. The van der Waals surface area contributed by atoms with Crippen LogP contribution in [0.15, 0.2) is 65.7 Å². The average molecular weight is 321 g/mol. The zero-order chi connectivity index (χ0) is 16.9. The molecule has 0 spiro atoms. The molecule has 2 heterocycles. The van der Waals surface area contributed by atoms with Gasteiger partial charge in [-0.2, -0.15) is 0 Å². The van der Waals surface area contributed by atoms with Gasteiger partial charge in [0, 0.05) is 24.0 Å². The highest BCUT2D eigenvalue weighted by Gasteiger charge is 2.10. The van der Waals surface area contributed by atoms with E-state index in [1.54, 1.807) is 16.7 Å². The van der Waals surface area contributed by atoms with Crippen molar-refractivity contribution in [2.45, 2.75) is 6.54 Å². The molecule has 0 fully saturated rings. The van der Waals surface area contributed by atoms with Crippen molar-refractivity contribution in [2.24, 2.45) is 0 Å². The fourth-order valence-electron chi connectivity index (χ4n) is 2.32. The molecule has 3 rings (SSSR count). The molecule has 6 heteroatoms. The summed E-state index contributed by atoms with van der Waals surface area (Å²) in [4.78, 5) is 32.3. The van der Waals surface area contributed by atoms with E-state index in [1.165, 1.54) is 25.6 Å². The number of hydrogen-bond donors (Lipinski definition) is 0. The molecule has 0 N–H and O–H groups in total. The Kier molecular flexibility index (Phi) is 4.47. The maximum atomic E-state index is 12.3. The normalized spacial score (nSPS) is 10.4. The molecule has 0 radical (unpaired) electrons. The molecule has 0 amide bonds. The first-order valence-corrected chi connectivity index (χ1v) is 7.33. The molecule has 3 aromatic rings. The first-order chi connectivity index (χ1) is 11.7. The SMILES string of the molecule is COC(=O)c1ccc(Cn2c(-c3ccccc3)nccc2=O)nc1. The summed E-state index contributed by atoms with van der Waals surface area (Å²) in [5.41, 5.74) is 1.70. The second kappa shape index (κ2) is 6.87. The predicted molar refractivity (Wildman–Crippen MR) is 88.6 cm³/mol. The Morgan fingerprint density at radius 2 is 1.88 bits per heavy atom. The molecule has 0 bridgehead atoms. The van der Waals surface area contributed by atoms with Crippen LogP contribution in [0.4, 0.5) is 0 Å². The van der Waals surface area contributed by atoms with Gasteiger partial charge in [-0.3, -0.25) is 14.3 Å². The third kappa shape index (κ3) is 3.22. The summed E-state index contributed by atoms with van der Waals surface area (Å²) in [6.07, 6.45) is 2.93. The number of rotatable bonds is 4. The number of hydrogen-bond acceptors (Lipinski definition) is 5. The molecule has 0 saturated carbocycles. The number of esters is 1. The first kappa shape index (κ1) is 15.6. The van der Waals surface area contributed by atoms with Gasteiger partial charge in [0.2, 0.25) is 0 Å². The fourth-order valence-corrected chi connectivity index (χ4v) is 2.32. The van der Waals surface area contributed by atoms with Crippen molar-refractivity contribution in [2.75, 3.05) is 7.11 Å².